The van der Waals surface area contributed by atoms with Gasteiger partial charge in [0.2, 0.25) is 5.53 Å². The first-order valence-electron chi connectivity index (χ1n) is 18.4. The van der Waals surface area contributed by atoms with Crippen LogP contribution in [0.4, 0.5) is 0 Å². The molecule has 0 aliphatic heterocycles. The number of hydrogen-bond acceptors (Lipinski definition) is 7. The number of nitrogens with zero attached hydrogens (tertiary/aromatic N) is 2. The molecule has 0 amide bonds. The Labute approximate surface area is 303 Å². The number of hydrogen-bond donors (Lipinski definition) is 2. The lowest BCUT2D eigenvalue weighted by Gasteiger charge is -2.46. The van der Waals surface area contributed by atoms with Gasteiger partial charge in [-0.25, -0.2) is 0 Å². The first-order valence-corrected chi connectivity index (χ1v) is 19.7. The van der Waals surface area contributed by atoms with Gasteiger partial charge in [0.15, 0.2) is 8.30 Å². The predicted octanol–water partition coefficient (Wildman–Crippen LogP) is 10.2. The predicted molar refractivity (Wildman–Crippen MR) is 205 cm³/mol. The van der Waals surface area contributed by atoms with Gasteiger partial charge in [0.1, 0.15) is 11.5 Å². The fourth-order valence-electron chi connectivity index (χ4n) is 7.46. The van der Waals surface area contributed by atoms with Crippen LogP contribution < -0.4 is 9.47 Å². The van der Waals surface area contributed by atoms with Crippen molar-refractivity contribution < 1.29 is 24.2 Å². The Hall–Kier alpha value is -2.98. The first kappa shape index (κ1) is 41.4. The van der Waals surface area contributed by atoms with E-state index in [2.05, 4.69) is 72.3 Å². The maximum absolute atomic E-state index is 12.1. The fraction of sp³-hybridized carbons (Fsp3) is 0.548. The van der Waals surface area contributed by atoms with Crippen LogP contribution in [0.2, 0.25) is 0 Å². The average Bonchev–Trinajstić information content (AvgIpc) is 3.12. The van der Waals surface area contributed by atoms with Gasteiger partial charge in [-0.15, -0.1) is 0 Å². The highest BCUT2D eigenvalue weighted by atomic mass is 31.2. The zero-order chi connectivity index (χ0) is 36.6. The molecule has 0 aromatic heterocycles. The summed E-state index contributed by atoms with van der Waals surface area (Å²) in [7, 11) is 1.49. The van der Waals surface area contributed by atoms with E-state index < -0.39 is 19.2 Å². The van der Waals surface area contributed by atoms with Crippen LogP contribution in [0, 0.1) is 17.2 Å². The van der Waals surface area contributed by atoms with E-state index in [4.69, 9.17) is 14.0 Å². The number of unbranched alkanes of at least 4 members (excludes halogenated alkanes) is 5. The summed E-state index contributed by atoms with van der Waals surface area (Å²) in [6.45, 7) is 10.6. The standard InChI is InChI=1S/C42H61N2O5P/c1-8-9-10-11-12-15-25-37(28-29-41(45,46)50(49-31-20-30-43)44(33(2)3)34(4)5)42(35-21-16-13-17-22-35,36-23-18-14-19-24-36)39-27-26-38(47-6)32-40(39)48-7/h13-14,16-19,21-24,26-27,32-34,37,45-46H,8-12,15,20,25,28-29,31H2,1-7H3. The SMILES string of the molecule is CCCCCCCCC(CCC(O)(O)P(OCCC#N)N(C(C)C)C(C)C)C(c1ccccc1)(c1ccccc1)c1ccc(OC)cc1OC. The van der Waals surface area contributed by atoms with Gasteiger partial charge < -0.3 is 24.2 Å². The summed E-state index contributed by atoms with van der Waals surface area (Å²) in [6, 6.07) is 29.4. The van der Waals surface area contributed by atoms with Crippen molar-refractivity contribution in [3.05, 3.63) is 95.6 Å². The fourth-order valence-corrected chi connectivity index (χ4v) is 9.59. The van der Waals surface area contributed by atoms with Crippen molar-refractivity contribution in [2.75, 3.05) is 20.8 Å². The van der Waals surface area contributed by atoms with Gasteiger partial charge in [0.25, 0.3) is 0 Å². The van der Waals surface area contributed by atoms with Crippen LogP contribution in [-0.2, 0) is 9.94 Å². The smallest absolute Gasteiger partial charge is 0.222 e. The van der Waals surface area contributed by atoms with Gasteiger partial charge >= 0.3 is 0 Å². The van der Waals surface area contributed by atoms with Crippen LogP contribution in [0.25, 0.3) is 0 Å². The number of nitriles is 1. The quantitative estimate of drug-likeness (QED) is 0.0439. The molecule has 8 heteroatoms. The summed E-state index contributed by atoms with van der Waals surface area (Å²) < 4.78 is 20.1. The number of rotatable bonds is 23. The summed E-state index contributed by atoms with van der Waals surface area (Å²) in [5.41, 5.74) is 0.423. The minimum atomic E-state index is -2.12. The van der Waals surface area contributed by atoms with E-state index in [-0.39, 0.29) is 37.5 Å². The average molecular weight is 705 g/mol. The topological polar surface area (TPSA) is 95.2 Å². The summed E-state index contributed by atoms with van der Waals surface area (Å²) in [6.07, 6.45) is 8.60. The molecule has 2 atom stereocenters. The zero-order valence-electron chi connectivity index (χ0n) is 31.5. The Balaban J connectivity index is 2.26. The second kappa shape index (κ2) is 20.8. The summed E-state index contributed by atoms with van der Waals surface area (Å²) in [4.78, 5) is 0. The Kier molecular flexibility index (Phi) is 17.2. The molecule has 0 radical (unpaired) electrons. The van der Waals surface area contributed by atoms with Crippen LogP contribution in [0.15, 0.2) is 78.9 Å². The van der Waals surface area contributed by atoms with Gasteiger partial charge in [-0.1, -0.05) is 112 Å². The second-order valence-electron chi connectivity index (χ2n) is 13.8. The van der Waals surface area contributed by atoms with E-state index in [1.807, 2.05) is 52.0 Å². The van der Waals surface area contributed by atoms with E-state index in [9.17, 15) is 15.5 Å². The first-order chi connectivity index (χ1) is 24.1. The van der Waals surface area contributed by atoms with Crippen molar-refractivity contribution in [3.8, 4) is 17.6 Å². The minimum absolute atomic E-state index is 0.0112. The molecular weight excluding hydrogens is 643 g/mol. The molecule has 0 bridgehead atoms. The summed E-state index contributed by atoms with van der Waals surface area (Å²) in [5.74, 6) is 1.37. The molecule has 0 heterocycles. The summed E-state index contributed by atoms with van der Waals surface area (Å²) in [5, 5.41) is 33.5. The molecule has 274 valence electrons. The molecule has 0 aliphatic carbocycles. The number of benzene rings is 3. The Morgan fingerprint density at radius 3 is 1.88 bits per heavy atom. The van der Waals surface area contributed by atoms with Gasteiger partial charge in [0, 0.05) is 30.1 Å². The van der Waals surface area contributed by atoms with E-state index in [0.29, 0.717) is 12.2 Å². The van der Waals surface area contributed by atoms with Crippen LogP contribution in [0.3, 0.4) is 0 Å². The molecule has 3 aromatic rings. The number of aliphatic hydroxyl groups is 2. The molecule has 0 aliphatic rings. The molecule has 3 aromatic carbocycles. The molecule has 0 saturated heterocycles. The van der Waals surface area contributed by atoms with Crippen LogP contribution in [0.5, 0.6) is 11.5 Å². The monoisotopic (exact) mass is 704 g/mol. The minimum Gasteiger partial charge on any atom is -0.497 e. The molecule has 50 heavy (non-hydrogen) atoms. The third kappa shape index (κ3) is 10.5. The maximum Gasteiger partial charge on any atom is 0.222 e. The molecule has 0 spiro atoms. The van der Waals surface area contributed by atoms with E-state index in [0.717, 1.165) is 41.7 Å². The Morgan fingerprint density at radius 2 is 1.36 bits per heavy atom. The largest absolute Gasteiger partial charge is 0.497 e. The lowest BCUT2D eigenvalue weighted by Crippen LogP contribution is -2.43. The molecule has 3 rings (SSSR count). The Morgan fingerprint density at radius 1 is 0.780 bits per heavy atom. The summed E-state index contributed by atoms with van der Waals surface area (Å²) >= 11 is 0. The van der Waals surface area contributed by atoms with E-state index in [1.165, 1.54) is 25.7 Å². The third-order valence-corrected chi connectivity index (χ3v) is 12.2. The molecular formula is C42H61N2O5P. The highest BCUT2D eigenvalue weighted by Crippen LogP contribution is 2.58. The highest BCUT2D eigenvalue weighted by molar-refractivity contribution is 7.51. The van der Waals surface area contributed by atoms with Crippen LogP contribution in [0.1, 0.15) is 116 Å². The molecule has 0 saturated carbocycles. The van der Waals surface area contributed by atoms with Crippen molar-refractivity contribution in [2.24, 2.45) is 5.92 Å². The van der Waals surface area contributed by atoms with Gasteiger partial charge in [-0.05, 0) is 63.6 Å². The van der Waals surface area contributed by atoms with Crippen LogP contribution >= 0.6 is 8.30 Å². The highest BCUT2D eigenvalue weighted by Gasteiger charge is 2.48. The number of methoxy groups -OCH3 is 2. The van der Waals surface area contributed by atoms with Crippen molar-refractivity contribution >= 4 is 8.30 Å². The van der Waals surface area contributed by atoms with E-state index in [1.54, 1.807) is 14.2 Å². The van der Waals surface area contributed by atoms with Crippen molar-refractivity contribution in [2.45, 2.75) is 122 Å². The van der Waals surface area contributed by atoms with Gasteiger partial charge in [-0.3, -0.25) is 4.67 Å². The zero-order valence-corrected chi connectivity index (χ0v) is 32.4. The molecule has 7 nitrogen and oxygen atoms in total. The molecule has 2 unspecified atom stereocenters. The number of ether oxygens (including phenoxy) is 2. The Bertz CT molecular complexity index is 1380. The van der Waals surface area contributed by atoms with Crippen molar-refractivity contribution in [1.29, 1.82) is 5.26 Å². The normalized spacial score (nSPS) is 13.4. The lowest BCUT2D eigenvalue weighted by atomic mass is 9.59. The molecule has 2 N–H and O–H groups in total. The third-order valence-electron chi connectivity index (χ3n) is 9.64. The van der Waals surface area contributed by atoms with Crippen molar-refractivity contribution in [1.82, 2.24) is 4.67 Å². The van der Waals surface area contributed by atoms with Gasteiger partial charge in [-0.2, -0.15) is 5.26 Å². The van der Waals surface area contributed by atoms with E-state index >= 15 is 0 Å². The maximum atomic E-state index is 12.1. The van der Waals surface area contributed by atoms with Crippen LogP contribution in [-0.4, -0.2) is 53.3 Å². The molecule has 0 fully saturated rings. The van der Waals surface area contributed by atoms with Gasteiger partial charge in [0.05, 0.1) is 38.7 Å². The van der Waals surface area contributed by atoms with Crippen molar-refractivity contribution in [3.63, 3.8) is 0 Å². The lowest BCUT2D eigenvalue weighted by molar-refractivity contribution is -0.106. The second-order valence-corrected chi connectivity index (χ2v) is 15.7.